The molecule has 0 spiro atoms. The molecule has 2 rings (SSSR count). The molecule has 1 aromatic carbocycles. The number of benzene rings is 1. The minimum Gasteiger partial charge on any atom is -0.206 e. The number of halogens is 3. The van der Waals surface area contributed by atoms with Gasteiger partial charge in [-0.2, -0.15) is 0 Å². The van der Waals surface area contributed by atoms with E-state index in [0.29, 0.717) is 10.1 Å². The first-order valence-corrected chi connectivity index (χ1v) is 4.93. The van der Waals surface area contributed by atoms with E-state index in [9.17, 15) is 13.2 Å². The molecule has 0 saturated carbocycles. The highest BCUT2D eigenvalue weighted by Gasteiger charge is 2.19. The lowest BCUT2D eigenvalue weighted by molar-refractivity contribution is 0.148. The number of thiophene rings is 1. The van der Waals surface area contributed by atoms with Crippen molar-refractivity contribution in [2.24, 2.45) is 0 Å². The quantitative estimate of drug-likeness (QED) is 0.667. The Morgan fingerprint density at radius 1 is 1.36 bits per heavy atom. The third-order valence-electron chi connectivity index (χ3n) is 2.13. The van der Waals surface area contributed by atoms with Crippen molar-refractivity contribution >= 4 is 21.4 Å². The van der Waals surface area contributed by atoms with Crippen LogP contribution in [0.25, 0.3) is 10.1 Å². The predicted octanol–water partition coefficient (Wildman–Crippen LogP) is 4.29. The van der Waals surface area contributed by atoms with Crippen LogP contribution in [0, 0.1) is 12.7 Å². The molecule has 0 fully saturated rings. The van der Waals surface area contributed by atoms with E-state index >= 15 is 0 Å². The highest BCUT2D eigenvalue weighted by molar-refractivity contribution is 7.17. The average Bonchev–Trinajstić information content (AvgIpc) is 2.52. The maximum atomic E-state index is 13.4. The molecule has 4 heteroatoms. The van der Waals surface area contributed by atoms with Gasteiger partial charge in [-0.3, -0.25) is 0 Å². The van der Waals surface area contributed by atoms with Crippen molar-refractivity contribution in [2.75, 3.05) is 0 Å². The topological polar surface area (TPSA) is 0 Å². The molecule has 0 radical (unpaired) electrons. The molecule has 2 aromatic rings. The maximum Gasteiger partial charge on any atom is 0.267 e. The van der Waals surface area contributed by atoms with Crippen molar-refractivity contribution in [1.29, 1.82) is 0 Å². The maximum absolute atomic E-state index is 13.4. The van der Waals surface area contributed by atoms with E-state index in [1.54, 1.807) is 11.4 Å². The normalized spacial score (nSPS) is 11.5. The predicted molar refractivity (Wildman–Crippen MR) is 51.5 cm³/mol. The van der Waals surface area contributed by atoms with E-state index in [-0.39, 0.29) is 5.56 Å². The Hall–Kier alpha value is -1.03. The zero-order valence-corrected chi connectivity index (χ0v) is 8.17. The molecule has 0 N–H and O–H groups in total. The molecule has 1 heterocycles. The van der Waals surface area contributed by atoms with Crippen molar-refractivity contribution < 1.29 is 13.2 Å². The van der Waals surface area contributed by atoms with Gasteiger partial charge in [0.25, 0.3) is 6.43 Å². The highest BCUT2D eigenvalue weighted by atomic mass is 32.1. The number of fused-ring (bicyclic) bond motifs is 1. The van der Waals surface area contributed by atoms with Crippen molar-refractivity contribution in [2.45, 2.75) is 13.3 Å². The van der Waals surface area contributed by atoms with Gasteiger partial charge in [0.15, 0.2) is 0 Å². The van der Waals surface area contributed by atoms with Crippen LogP contribution in [0.15, 0.2) is 17.5 Å². The van der Waals surface area contributed by atoms with Gasteiger partial charge in [-0.05, 0) is 30.0 Å². The minimum absolute atomic E-state index is 0.273. The summed E-state index contributed by atoms with van der Waals surface area (Å²) in [4.78, 5) is 0. The third kappa shape index (κ3) is 1.30. The van der Waals surface area contributed by atoms with Crippen LogP contribution in [-0.2, 0) is 0 Å². The van der Waals surface area contributed by atoms with Crippen LogP contribution >= 0.6 is 11.3 Å². The van der Waals surface area contributed by atoms with Gasteiger partial charge < -0.3 is 0 Å². The average molecular weight is 216 g/mol. The second-order valence-electron chi connectivity index (χ2n) is 3.05. The first-order valence-electron chi connectivity index (χ1n) is 4.05. The lowest BCUT2D eigenvalue weighted by Gasteiger charge is -2.06. The molecular weight excluding hydrogens is 209 g/mol. The van der Waals surface area contributed by atoms with Gasteiger partial charge in [-0.15, -0.1) is 11.3 Å². The lowest BCUT2D eigenvalue weighted by atomic mass is 10.1. The van der Waals surface area contributed by atoms with E-state index in [4.69, 9.17) is 0 Å². The summed E-state index contributed by atoms with van der Waals surface area (Å²) in [6.45, 7) is 1.50. The lowest BCUT2D eigenvalue weighted by Crippen LogP contribution is -1.94. The Bertz CT molecular complexity index is 473. The molecule has 0 amide bonds. The second-order valence-corrected chi connectivity index (χ2v) is 4.00. The number of hydrogen-bond acceptors (Lipinski definition) is 1. The molecule has 0 aliphatic heterocycles. The molecule has 0 saturated heterocycles. The highest BCUT2D eigenvalue weighted by Crippen LogP contribution is 2.34. The Morgan fingerprint density at radius 2 is 2.07 bits per heavy atom. The van der Waals surface area contributed by atoms with Gasteiger partial charge in [-0.25, -0.2) is 13.2 Å². The van der Waals surface area contributed by atoms with Gasteiger partial charge in [-0.1, -0.05) is 0 Å². The summed E-state index contributed by atoms with van der Waals surface area (Å²) in [6.07, 6.45) is -2.76. The van der Waals surface area contributed by atoms with Gasteiger partial charge in [0.1, 0.15) is 5.82 Å². The standard InChI is InChI=1S/C10H7F3S/c1-5-4-7-6(2-3-14-7)8(9(5)11)10(12)13/h2-4,10H,1H3. The van der Waals surface area contributed by atoms with E-state index in [2.05, 4.69) is 0 Å². The second kappa shape index (κ2) is 3.28. The van der Waals surface area contributed by atoms with Crippen molar-refractivity contribution in [3.63, 3.8) is 0 Å². The molecule has 0 nitrogen and oxygen atoms in total. The van der Waals surface area contributed by atoms with Gasteiger partial charge in [0.2, 0.25) is 0 Å². The SMILES string of the molecule is Cc1cc2sccc2c(C(F)F)c1F. The molecule has 0 aliphatic rings. The summed E-state index contributed by atoms with van der Waals surface area (Å²) in [6, 6.07) is 3.13. The molecular formula is C10H7F3S. The fourth-order valence-corrected chi connectivity index (χ4v) is 2.36. The van der Waals surface area contributed by atoms with Crippen molar-refractivity contribution in [3.05, 3.63) is 34.5 Å². The van der Waals surface area contributed by atoms with Gasteiger partial charge in [0, 0.05) is 10.1 Å². The smallest absolute Gasteiger partial charge is 0.206 e. The van der Waals surface area contributed by atoms with E-state index in [1.807, 2.05) is 0 Å². The van der Waals surface area contributed by atoms with Gasteiger partial charge >= 0.3 is 0 Å². The number of hydrogen-bond donors (Lipinski definition) is 0. The molecule has 0 unspecified atom stereocenters. The largest absolute Gasteiger partial charge is 0.267 e. The monoisotopic (exact) mass is 216 g/mol. The molecule has 0 atom stereocenters. The molecule has 14 heavy (non-hydrogen) atoms. The number of alkyl halides is 2. The fourth-order valence-electron chi connectivity index (χ4n) is 1.46. The minimum atomic E-state index is -2.76. The zero-order valence-electron chi connectivity index (χ0n) is 7.35. The summed E-state index contributed by atoms with van der Waals surface area (Å²) >= 11 is 1.34. The van der Waals surface area contributed by atoms with Crippen molar-refractivity contribution in [3.8, 4) is 0 Å². The van der Waals surface area contributed by atoms with Crippen LogP contribution in [0.3, 0.4) is 0 Å². The Kier molecular flexibility index (Phi) is 2.23. The number of rotatable bonds is 1. The molecule has 0 bridgehead atoms. The van der Waals surface area contributed by atoms with Crippen LogP contribution in [0.4, 0.5) is 13.2 Å². The fraction of sp³-hybridized carbons (Fsp3) is 0.200. The first kappa shape index (κ1) is 9.52. The van der Waals surface area contributed by atoms with Crippen LogP contribution in [0.5, 0.6) is 0 Å². The zero-order chi connectivity index (χ0) is 10.3. The van der Waals surface area contributed by atoms with E-state index < -0.39 is 17.8 Å². The van der Waals surface area contributed by atoms with E-state index in [0.717, 1.165) is 0 Å². The van der Waals surface area contributed by atoms with Gasteiger partial charge in [0.05, 0.1) is 5.56 Å². The Labute approximate surface area is 83.0 Å². The Balaban J connectivity index is 2.86. The van der Waals surface area contributed by atoms with Crippen LogP contribution in [0.1, 0.15) is 17.6 Å². The van der Waals surface area contributed by atoms with E-state index in [1.165, 1.54) is 24.3 Å². The van der Waals surface area contributed by atoms with Crippen LogP contribution < -0.4 is 0 Å². The third-order valence-corrected chi connectivity index (χ3v) is 3.00. The van der Waals surface area contributed by atoms with Crippen LogP contribution in [-0.4, -0.2) is 0 Å². The van der Waals surface area contributed by atoms with Crippen LogP contribution in [0.2, 0.25) is 0 Å². The molecule has 74 valence electrons. The Morgan fingerprint density at radius 3 is 2.71 bits per heavy atom. The van der Waals surface area contributed by atoms with Crippen molar-refractivity contribution in [1.82, 2.24) is 0 Å². The molecule has 1 aromatic heterocycles. The summed E-state index contributed by atoms with van der Waals surface area (Å²) in [7, 11) is 0. The summed E-state index contributed by atoms with van der Waals surface area (Å²) in [5.41, 5.74) is -0.198. The first-order chi connectivity index (χ1) is 6.61. The molecule has 0 aliphatic carbocycles. The number of aryl methyl sites for hydroxylation is 1. The summed E-state index contributed by atoms with van der Waals surface area (Å²) in [5, 5.41) is 2.02. The summed E-state index contributed by atoms with van der Waals surface area (Å²) < 4.78 is 39.3. The summed E-state index contributed by atoms with van der Waals surface area (Å²) in [5.74, 6) is -0.786.